The highest BCUT2D eigenvalue weighted by Crippen LogP contribution is 2.36. The van der Waals surface area contributed by atoms with Crippen molar-refractivity contribution in [3.63, 3.8) is 0 Å². The zero-order chi connectivity index (χ0) is 24.3. The molecular formula is C23H35N3O6. The molecule has 1 aliphatic rings. The minimum Gasteiger partial charge on any atom is -0.508 e. The molecular weight excluding hydrogens is 414 g/mol. The molecule has 2 atom stereocenters. The predicted octanol–water partition coefficient (Wildman–Crippen LogP) is 2.22. The van der Waals surface area contributed by atoms with Gasteiger partial charge in [-0.3, -0.25) is 9.59 Å². The Labute approximate surface area is 189 Å². The van der Waals surface area contributed by atoms with Crippen LogP contribution in [0.1, 0.15) is 66.0 Å². The van der Waals surface area contributed by atoms with Gasteiger partial charge in [-0.1, -0.05) is 12.1 Å². The topological polar surface area (TPSA) is 128 Å². The summed E-state index contributed by atoms with van der Waals surface area (Å²) in [7, 11) is 0. The van der Waals surface area contributed by atoms with Crippen molar-refractivity contribution in [2.24, 2.45) is 0 Å². The zero-order valence-electron chi connectivity index (χ0n) is 19.6. The van der Waals surface area contributed by atoms with Gasteiger partial charge in [0.15, 0.2) is 0 Å². The maximum absolute atomic E-state index is 13.5. The fourth-order valence-electron chi connectivity index (χ4n) is 3.26. The highest BCUT2D eigenvalue weighted by atomic mass is 16.6. The number of nitrogens with one attached hydrogen (secondary N) is 2. The van der Waals surface area contributed by atoms with Gasteiger partial charge in [0.1, 0.15) is 23.4 Å². The van der Waals surface area contributed by atoms with Crippen molar-refractivity contribution >= 4 is 17.9 Å². The molecule has 1 aliphatic carbocycles. The molecule has 1 fully saturated rings. The molecule has 2 unspecified atom stereocenters. The van der Waals surface area contributed by atoms with Crippen molar-refractivity contribution in [1.82, 2.24) is 15.5 Å². The van der Waals surface area contributed by atoms with Gasteiger partial charge in [0.2, 0.25) is 11.8 Å². The Morgan fingerprint density at radius 1 is 1.16 bits per heavy atom. The largest absolute Gasteiger partial charge is 0.508 e. The normalized spacial score (nSPS) is 16.0. The Bertz CT molecular complexity index is 839. The van der Waals surface area contributed by atoms with Gasteiger partial charge in [-0.25, -0.2) is 4.79 Å². The third-order valence-electron chi connectivity index (χ3n) is 4.58. The summed E-state index contributed by atoms with van der Waals surface area (Å²) in [6, 6.07) is 3.61. The van der Waals surface area contributed by atoms with E-state index in [0.29, 0.717) is 18.4 Å². The van der Waals surface area contributed by atoms with Crippen LogP contribution in [-0.2, 0) is 14.3 Å². The Balaban J connectivity index is 2.39. The highest BCUT2D eigenvalue weighted by Gasteiger charge is 2.44. The van der Waals surface area contributed by atoms with Crippen molar-refractivity contribution in [2.75, 3.05) is 6.61 Å². The molecule has 3 amide bonds. The van der Waals surface area contributed by atoms with E-state index in [1.807, 2.05) is 20.8 Å². The Morgan fingerprint density at radius 2 is 1.78 bits per heavy atom. The first-order valence-electron chi connectivity index (χ1n) is 10.8. The molecule has 0 bridgehead atoms. The lowest BCUT2D eigenvalue weighted by Gasteiger charge is -2.35. The summed E-state index contributed by atoms with van der Waals surface area (Å²) in [5.74, 6) is -1.06. The fraction of sp³-hybridized carbons (Fsp3) is 0.609. The van der Waals surface area contributed by atoms with Crippen molar-refractivity contribution in [1.29, 1.82) is 0 Å². The number of carbonyl (C=O) groups excluding carboxylic acids is 3. The van der Waals surface area contributed by atoms with Crippen molar-refractivity contribution in [2.45, 2.75) is 83.6 Å². The molecule has 1 aromatic rings. The van der Waals surface area contributed by atoms with E-state index in [1.165, 1.54) is 17.0 Å². The number of rotatable bonds is 7. The lowest BCUT2D eigenvalue weighted by Crippen LogP contribution is -2.56. The van der Waals surface area contributed by atoms with Crippen molar-refractivity contribution < 1.29 is 29.3 Å². The molecule has 0 aromatic heterocycles. The fourth-order valence-corrected chi connectivity index (χ4v) is 3.26. The van der Waals surface area contributed by atoms with Crippen molar-refractivity contribution in [3.8, 4) is 5.75 Å². The minimum atomic E-state index is -1.28. The molecule has 0 spiro atoms. The standard InChI is InChI=1S/C23H35N3O6/c1-22(2,3)25-19(29)18(14-8-7-9-16(28)12-14)26(15-10-11-15)20(30)17(13-27)24-21(31)32-23(4,5)6/h7-9,12,15,17-18,27-28H,10-11,13H2,1-6H3,(H,24,31)(H,25,29). The molecule has 1 aromatic carbocycles. The van der Waals surface area contributed by atoms with Gasteiger partial charge >= 0.3 is 6.09 Å². The molecule has 0 aliphatic heterocycles. The lowest BCUT2D eigenvalue weighted by molar-refractivity contribution is -0.144. The number of hydrogen-bond acceptors (Lipinski definition) is 6. The molecule has 9 heteroatoms. The van der Waals surface area contributed by atoms with Gasteiger partial charge in [-0.05, 0) is 72.1 Å². The number of alkyl carbamates (subject to hydrolysis) is 1. The monoisotopic (exact) mass is 449 g/mol. The van der Waals surface area contributed by atoms with E-state index in [-0.39, 0.29) is 11.8 Å². The average Bonchev–Trinajstić information content (AvgIpc) is 3.45. The van der Waals surface area contributed by atoms with Crippen LogP contribution in [-0.4, -0.2) is 62.9 Å². The maximum Gasteiger partial charge on any atom is 0.408 e. The molecule has 4 N–H and O–H groups in total. The summed E-state index contributed by atoms with van der Waals surface area (Å²) in [5, 5.41) is 25.1. The number of ether oxygens (including phenoxy) is 1. The summed E-state index contributed by atoms with van der Waals surface area (Å²) in [5.41, 5.74) is -0.906. The first-order valence-corrected chi connectivity index (χ1v) is 10.8. The first-order chi connectivity index (χ1) is 14.7. The van der Waals surface area contributed by atoms with E-state index >= 15 is 0 Å². The maximum atomic E-state index is 13.5. The quantitative estimate of drug-likeness (QED) is 0.505. The van der Waals surface area contributed by atoms with Crippen LogP contribution in [0, 0.1) is 0 Å². The number of aliphatic hydroxyl groups excluding tert-OH is 1. The van der Waals surface area contributed by atoms with Crippen LogP contribution >= 0.6 is 0 Å². The number of amides is 3. The number of benzene rings is 1. The minimum absolute atomic E-state index is 0.0372. The van der Waals surface area contributed by atoms with Gasteiger partial charge in [0.05, 0.1) is 6.61 Å². The van der Waals surface area contributed by atoms with Crippen LogP contribution in [0.5, 0.6) is 5.75 Å². The number of phenolic OH excluding ortho intramolecular Hbond substituents is 1. The molecule has 178 valence electrons. The Kier molecular flexibility index (Phi) is 7.77. The molecule has 32 heavy (non-hydrogen) atoms. The predicted molar refractivity (Wildman–Crippen MR) is 119 cm³/mol. The van der Waals surface area contributed by atoms with E-state index in [9.17, 15) is 24.6 Å². The van der Waals surface area contributed by atoms with E-state index in [2.05, 4.69) is 10.6 Å². The summed E-state index contributed by atoms with van der Waals surface area (Å²) >= 11 is 0. The second-order valence-electron chi connectivity index (χ2n) is 10.1. The summed E-state index contributed by atoms with van der Waals surface area (Å²) < 4.78 is 5.21. The van der Waals surface area contributed by atoms with Crippen LogP contribution in [0.15, 0.2) is 24.3 Å². The smallest absolute Gasteiger partial charge is 0.408 e. The number of hydrogen-bond donors (Lipinski definition) is 4. The molecule has 2 rings (SSSR count). The second kappa shape index (κ2) is 9.77. The summed E-state index contributed by atoms with van der Waals surface area (Å²) in [4.78, 5) is 40.4. The SMILES string of the molecule is CC(C)(C)NC(=O)C(c1cccc(O)c1)N(C(=O)C(CO)NC(=O)OC(C)(C)C)C1CC1. The molecule has 0 saturated heterocycles. The van der Waals surface area contributed by atoms with Crippen LogP contribution in [0.3, 0.4) is 0 Å². The third kappa shape index (κ3) is 7.40. The molecule has 0 radical (unpaired) electrons. The number of carbonyl (C=O) groups is 3. The molecule has 0 heterocycles. The summed E-state index contributed by atoms with van der Waals surface area (Å²) in [6.07, 6.45) is 0.539. The van der Waals surface area contributed by atoms with E-state index in [4.69, 9.17) is 4.74 Å². The van der Waals surface area contributed by atoms with Gasteiger partial charge in [-0.2, -0.15) is 0 Å². The van der Waals surface area contributed by atoms with Gasteiger partial charge in [-0.15, -0.1) is 0 Å². The number of aromatic hydroxyl groups is 1. The Morgan fingerprint density at radius 3 is 2.25 bits per heavy atom. The van der Waals surface area contributed by atoms with Gasteiger partial charge in [0.25, 0.3) is 0 Å². The zero-order valence-corrected chi connectivity index (χ0v) is 19.6. The first kappa shape index (κ1) is 25.5. The van der Waals surface area contributed by atoms with Crippen LogP contribution in [0.2, 0.25) is 0 Å². The van der Waals surface area contributed by atoms with E-state index in [0.717, 1.165) is 0 Å². The third-order valence-corrected chi connectivity index (χ3v) is 4.58. The number of nitrogens with zero attached hydrogens (tertiary/aromatic N) is 1. The number of aliphatic hydroxyl groups is 1. The van der Waals surface area contributed by atoms with E-state index in [1.54, 1.807) is 32.9 Å². The lowest BCUT2D eigenvalue weighted by atomic mass is 10.00. The second-order valence-corrected chi connectivity index (χ2v) is 10.1. The Hall–Kier alpha value is -2.81. The average molecular weight is 450 g/mol. The molecule has 1 saturated carbocycles. The highest BCUT2D eigenvalue weighted by molar-refractivity contribution is 5.93. The van der Waals surface area contributed by atoms with Crippen molar-refractivity contribution in [3.05, 3.63) is 29.8 Å². The van der Waals surface area contributed by atoms with E-state index < -0.39 is 47.7 Å². The summed E-state index contributed by atoms with van der Waals surface area (Å²) in [6.45, 7) is 9.89. The van der Waals surface area contributed by atoms with Crippen LogP contribution in [0.25, 0.3) is 0 Å². The van der Waals surface area contributed by atoms with Crippen LogP contribution < -0.4 is 10.6 Å². The van der Waals surface area contributed by atoms with Crippen LogP contribution in [0.4, 0.5) is 4.79 Å². The van der Waals surface area contributed by atoms with Gasteiger partial charge in [0, 0.05) is 11.6 Å². The number of phenols is 1. The van der Waals surface area contributed by atoms with Gasteiger partial charge < -0.3 is 30.5 Å². The molecule has 9 nitrogen and oxygen atoms in total.